The molecule has 2 heterocycles. The van der Waals surface area contributed by atoms with Crippen LogP contribution in [0.1, 0.15) is 123 Å². The molecule has 5 fully saturated rings. The molecule has 0 aromatic carbocycles. The first-order chi connectivity index (χ1) is 26.2. The number of pyridine rings is 1. The van der Waals surface area contributed by atoms with Gasteiger partial charge >= 0.3 is 5.97 Å². The Kier molecular flexibility index (Phi) is 10.5. The lowest BCUT2D eigenvalue weighted by atomic mass is 9.34. The molecule has 304 valence electrons. The fraction of sp³-hybridized carbons (Fsp3) is 0.783. The number of carboxylic acid groups (broad SMARTS) is 1. The zero-order valence-electron chi connectivity index (χ0n) is 34.5. The average Bonchev–Trinajstić information content (AvgIpc) is 3.58. The van der Waals surface area contributed by atoms with Crippen molar-refractivity contribution in [2.24, 2.45) is 51.2 Å². The summed E-state index contributed by atoms with van der Waals surface area (Å²) in [6.45, 7) is 16.2. The first-order valence-corrected chi connectivity index (χ1v) is 23.8. The van der Waals surface area contributed by atoms with Gasteiger partial charge < -0.3 is 20.1 Å². The first kappa shape index (κ1) is 39.6. The largest absolute Gasteiger partial charge is 0.481 e. The summed E-state index contributed by atoms with van der Waals surface area (Å²) in [5.74, 6) is 3.90. The number of rotatable bonds is 10. The molecule has 55 heavy (non-hydrogen) atoms. The van der Waals surface area contributed by atoms with Gasteiger partial charge in [-0.25, -0.2) is 13.4 Å². The van der Waals surface area contributed by atoms with E-state index in [0.29, 0.717) is 79.0 Å². The maximum atomic E-state index is 12.7. The van der Waals surface area contributed by atoms with Crippen molar-refractivity contribution >= 4 is 15.8 Å². The van der Waals surface area contributed by atoms with Gasteiger partial charge in [0.2, 0.25) is 5.88 Å². The van der Waals surface area contributed by atoms with Crippen LogP contribution in [0.2, 0.25) is 0 Å². The average molecular weight is 776 g/mol. The summed E-state index contributed by atoms with van der Waals surface area (Å²) in [6, 6.07) is 3.86. The lowest BCUT2D eigenvalue weighted by molar-refractivity contribution is -0.212. The molecule has 8 rings (SSSR count). The molecule has 7 aliphatic rings. The van der Waals surface area contributed by atoms with Crippen molar-refractivity contribution in [3.8, 4) is 5.88 Å². The second kappa shape index (κ2) is 14.5. The quantitative estimate of drug-likeness (QED) is 0.244. The summed E-state index contributed by atoms with van der Waals surface area (Å²) >= 11 is 0. The summed E-state index contributed by atoms with van der Waals surface area (Å²) in [5, 5.41) is 14.6. The van der Waals surface area contributed by atoms with Crippen LogP contribution < -0.4 is 10.1 Å². The van der Waals surface area contributed by atoms with Crippen molar-refractivity contribution in [2.45, 2.75) is 130 Å². The molecule has 0 spiro atoms. The highest BCUT2D eigenvalue weighted by Gasteiger charge is 2.68. The fourth-order valence-electron chi connectivity index (χ4n) is 14.6. The van der Waals surface area contributed by atoms with Crippen LogP contribution in [0, 0.1) is 58.2 Å². The third-order valence-electron chi connectivity index (χ3n) is 18.1. The van der Waals surface area contributed by atoms with E-state index in [1.54, 1.807) is 6.20 Å². The van der Waals surface area contributed by atoms with E-state index in [1.165, 1.54) is 68.9 Å². The molecule has 0 radical (unpaired) electrons. The number of carbonyl (C=O) groups is 1. The molecule has 0 bridgehead atoms. The molecule has 6 aliphatic carbocycles. The van der Waals surface area contributed by atoms with Crippen LogP contribution in [0.15, 0.2) is 41.6 Å². The minimum absolute atomic E-state index is 0.254. The Balaban J connectivity index is 0.941. The van der Waals surface area contributed by atoms with Crippen molar-refractivity contribution in [2.75, 3.05) is 44.3 Å². The summed E-state index contributed by atoms with van der Waals surface area (Å²) in [5.41, 5.74) is 4.32. The van der Waals surface area contributed by atoms with Gasteiger partial charge in [0.1, 0.15) is 0 Å². The minimum Gasteiger partial charge on any atom is -0.481 e. The number of allylic oxidation sites excluding steroid dienone is 4. The highest BCUT2D eigenvalue weighted by atomic mass is 32.2. The Morgan fingerprint density at radius 3 is 2.49 bits per heavy atom. The Morgan fingerprint density at radius 1 is 0.964 bits per heavy atom. The predicted molar refractivity (Wildman–Crippen MR) is 219 cm³/mol. The molecule has 1 saturated heterocycles. The van der Waals surface area contributed by atoms with Crippen molar-refractivity contribution in [1.29, 1.82) is 0 Å². The van der Waals surface area contributed by atoms with Crippen LogP contribution in [0.4, 0.5) is 0 Å². The number of aliphatic carboxylic acids is 1. The van der Waals surface area contributed by atoms with Gasteiger partial charge in [0.25, 0.3) is 0 Å². The molecule has 1 aromatic heterocycles. The molecule has 10 atom stereocenters. The number of nitrogens with one attached hydrogen (secondary N) is 1. The van der Waals surface area contributed by atoms with Crippen LogP contribution in [-0.4, -0.2) is 79.2 Å². The van der Waals surface area contributed by atoms with Gasteiger partial charge in [-0.1, -0.05) is 52.3 Å². The van der Waals surface area contributed by atoms with E-state index in [2.05, 4.69) is 55.0 Å². The highest BCUT2D eigenvalue weighted by molar-refractivity contribution is 7.91. The molecule has 4 saturated carbocycles. The minimum atomic E-state index is -2.84. The van der Waals surface area contributed by atoms with Gasteiger partial charge in [0.15, 0.2) is 9.84 Å². The van der Waals surface area contributed by atoms with Crippen LogP contribution in [0.5, 0.6) is 5.88 Å². The number of carboxylic acids is 1. The molecule has 1 aromatic rings. The lowest BCUT2D eigenvalue weighted by Gasteiger charge is -2.71. The normalized spacial score (nSPS) is 42.5. The SMILES string of the molecule is Cc1cccnc1OCCC1(C(=O)O)CC=C(C2=CCC3(C)C(CCC4(C)C3CCC3[C@H]5CCCC5(NCCN5CCS(=O)(=O)CC5)CC[C@]34C)C2C)CC1. The summed E-state index contributed by atoms with van der Waals surface area (Å²) in [6.07, 6.45) is 22.2. The smallest absolute Gasteiger partial charge is 0.310 e. The number of fused-ring (bicyclic) bond motifs is 7. The predicted octanol–water partition coefficient (Wildman–Crippen LogP) is 8.41. The first-order valence-electron chi connectivity index (χ1n) is 22.0. The van der Waals surface area contributed by atoms with Gasteiger partial charge in [-0.2, -0.15) is 0 Å². The topological polar surface area (TPSA) is 109 Å². The maximum absolute atomic E-state index is 12.7. The third-order valence-corrected chi connectivity index (χ3v) is 19.7. The number of ether oxygens (including phenoxy) is 1. The Bertz CT molecular complexity index is 1800. The van der Waals surface area contributed by atoms with Gasteiger partial charge in [-0.05, 0) is 153 Å². The molecular formula is C46H69N3O5S. The molecule has 2 N–H and O–H groups in total. The molecule has 0 amide bonds. The molecule has 9 heteroatoms. The monoisotopic (exact) mass is 775 g/mol. The van der Waals surface area contributed by atoms with E-state index in [9.17, 15) is 18.3 Å². The second-order valence-corrected chi connectivity index (χ2v) is 22.5. The summed E-state index contributed by atoms with van der Waals surface area (Å²) < 4.78 is 30.0. The highest BCUT2D eigenvalue weighted by Crippen LogP contribution is 2.75. The number of hydrogen-bond acceptors (Lipinski definition) is 7. The number of aryl methyl sites for hydroxylation is 1. The summed E-state index contributed by atoms with van der Waals surface area (Å²) in [7, 11) is -2.84. The van der Waals surface area contributed by atoms with E-state index in [1.807, 2.05) is 19.1 Å². The van der Waals surface area contributed by atoms with E-state index in [4.69, 9.17) is 4.74 Å². The third kappa shape index (κ3) is 6.66. The van der Waals surface area contributed by atoms with Crippen molar-refractivity contribution < 1.29 is 23.1 Å². The molecule has 8 nitrogen and oxygen atoms in total. The van der Waals surface area contributed by atoms with Crippen LogP contribution in [0.3, 0.4) is 0 Å². The van der Waals surface area contributed by atoms with E-state index < -0.39 is 21.2 Å². The molecule has 8 unspecified atom stereocenters. The van der Waals surface area contributed by atoms with Gasteiger partial charge in [0.05, 0.1) is 23.5 Å². The van der Waals surface area contributed by atoms with Gasteiger partial charge in [-0.15, -0.1) is 0 Å². The molecular weight excluding hydrogens is 707 g/mol. The standard InChI is InChI=1S/C46H69N3O5S/c1-32-8-7-24-47-40(32)54-29-23-45(41(50)51)19-12-34(13-20-45)35-14-17-42(3)36(33(35)2)15-18-44(5)39(42)11-10-37-38-9-6-16-46(38,22-21-43(37,44)4)48-25-26-49-27-30-55(52,53)31-28-49/h7-8,12,14,24,33,36-39,48H,6,9-11,13,15-23,25-31H2,1-5H3,(H,50,51)/t33?,36?,37?,38-,39?,42?,43-,44?,45?,46?/m1/s1. The number of nitrogens with zero attached hydrogens (tertiary/aromatic N) is 2. The van der Waals surface area contributed by atoms with Gasteiger partial charge in [-0.3, -0.25) is 4.79 Å². The Morgan fingerprint density at radius 2 is 1.76 bits per heavy atom. The van der Waals surface area contributed by atoms with E-state index in [0.717, 1.165) is 49.2 Å². The van der Waals surface area contributed by atoms with E-state index in [-0.39, 0.29) is 11.0 Å². The van der Waals surface area contributed by atoms with Crippen molar-refractivity contribution in [1.82, 2.24) is 15.2 Å². The Hall–Kier alpha value is -2.23. The number of sulfone groups is 1. The van der Waals surface area contributed by atoms with Crippen molar-refractivity contribution in [3.63, 3.8) is 0 Å². The van der Waals surface area contributed by atoms with Crippen molar-refractivity contribution in [3.05, 3.63) is 47.2 Å². The number of hydrogen-bond donors (Lipinski definition) is 2. The number of aromatic nitrogens is 1. The van der Waals surface area contributed by atoms with Gasteiger partial charge in [0, 0.05) is 43.5 Å². The summed E-state index contributed by atoms with van der Waals surface area (Å²) in [4.78, 5) is 19.4. The maximum Gasteiger partial charge on any atom is 0.310 e. The van der Waals surface area contributed by atoms with Crippen LogP contribution in [-0.2, 0) is 14.6 Å². The Labute approximate surface area is 331 Å². The second-order valence-electron chi connectivity index (χ2n) is 20.2. The zero-order chi connectivity index (χ0) is 38.9. The zero-order valence-corrected chi connectivity index (χ0v) is 35.3. The fourth-order valence-corrected chi connectivity index (χ4v) is 15.9. The van der Waals surface area contributed by atoms with Crippen LogP contribution in [0.25, 0.3) is 0 Å². The van der Waals surface area contributed by atoms with E-state index >= 15 is 0 Å². The van der Waals surface area contributed by atoms with Crippen LogP contribution >= 0.6 is 0 Å². The molecule has 1 aliphatic heterocycles. The lowest BCUT2D eigenvalue weighted by Crippen LogP contribution is -2.67.